The average molecular weight is 448 g/mol. The number of nitrogens with zero attached hydrogens (tertiary/aromatic N) is 4. The van der Waals surface area contributed by atoms with E-state index >= 15 is 0 Å². The summed E-state index contributed by atoms with van der Waals surface area (Å²) >= 11 is 3.04. The molecule has 6 nitrogen and oxygen atoms in total. The lowest BCUT2D eigenvalue weighted by Gasteiger charge is -2.16. The molecule has 0 spiro atoms. The van der Waals surface area contributed by atoms with Crippen LogP contribution in [0.2, 0.25) is 0 Å². The van der Waals surface area contributed by atoms with E-state index in [0.717, 1.165) is 18.5 Å². The Labute approximate surface area is 163 Å². The number of hydrogen-bond acceptors (Lipinski definition) is 3. The maximum atomic E-state index is 13.2. The van der Waals surface area contributed by atoms with Gasteiger partial charge < -0.3 is 5.32 Å². The lowest BCUT2D eigenvalue weighted by Crippen LogP contribution is -2.33. The average Bonchev–Trinajstić information content (AvgIpc) is 3.25. The van der Waals surface area contributed by atoms with E-state index in [1.165, 1.54) is 4.68 Å². The number of hydrogen-bond donors (Lipinski definition) is 1. The smallest absolute Gasteiger partial charge is 0.354 e. The van der Waals surface area contributed by atoms with Crippen molar-refractivity contribution in [2.24, 2.45) is 0 Å². The summed E-state index contributed by atoms with van der Waals surface area (Å²) in [5.74, 6) is -0.334. The molecule has 1 saturated carbocycles. The van der Waals surface area contributed by atoms with Gasteiger partial charge in [-0.1, -0.05) is 0 Å². The number of carbonyl (C=O) groups is 1. The summed E-state index contributed by atoms with van der Waals surface area (Å²) in [6, 6.07) is 1.08. The number of alkyl halides is 3. The molecule has 3 rings (SSSR count). The molecule has 2 heterocycles. The van der Waals surface area contributed by atoms with Crippen molar-refractivity contribution >= 4 is 21.8 Å². The first-order valence-electron chi connectivity index (χ1n) is 8.81. The predicted octanol–water partition coefficient (Wildman–Crippen LogP) is 3.81. The van der Waals surface area contributed by atoms with Gasteiger partial charge in [-0.25, -0.2) is 0 Å². The summed E-state index contributed by atoms with van der Waals surface area (Å²) in [6.45, 7) is 4.58. The highest BCUT2D eigenvalue weighted by Crippen LogP contribution is 2.47. The maximum Gasteiger partial charge on any atom is 0.436 e. The van der Waals surface area contributed by atoms with E-state index < -0.39 is 17.9 Å². The van der Waals surface area contributed by atoms with Crippen LogP contribution in [0.15, 0.2) is 16.7 Å². The van der Waals surface area contributed by atoms with Crippen LogP contribution in [0.3, 0.4) is 0 Å². The molecule has 2 aromatic heterocycles. The Kier molecular flexibility index (Phi) is 5.64. The van der Waals surface area contributed by atoms with Gasteiger partial charge in [0.15, 0.2) is 5.69 Å². The van der Waals surface area contributed by atoms with Gasteiger partial charge in [-0.15, -0.1) is 0 Å². The van der Waals surface area contributed by atoms with Crippen LogP contribution in [0.4, 0.5) is 13.2 Å². The molecule has 27 heavy (non-hydrogen) atoms. The Hall–Kier alpha value is -1.84. The first-order chi connectivity index (χ1) is 12.7. The molecule has 1 aliphatic rings. The van der Waals surface area contributed by atoms with E-state index in [4.69, 9.17) is 0 Å². The molecule has 0 aromatic carbocycles. The van der Waals surface area contributed by atoms with Crippen molar-refractivity contribution < 1.29 is 18.0 Å². The van der Waals surface area contributed by atoms with Crippen LogP contribution in [0.1, 0.15) is 55.2 Å². The van der Waals surface area contributed by atoms with Gasteiger partial charge in [0, 0.05) is 30.9 Å². The van der Waals surface area contributed by atoms with E-state index in [9.17, 15) is 18.0 Å². The summed E-state index contributed by atoms with van der Waals surface area (Å²) in [4.78, 5) is 12.4. The summed E-state index contributed by atoms with van der Waals surface area (Å²) in [5.41, 5.74) is 0.514. The van der Waals surface area contributed by atoms with Crippen molar-refractivity contribution in [3.63, 3.8) is 0 Å². The minimum absolute atomic E-state index is 0.0148. The SMILES string of the molecule is Cc1ccnn1CCCNC(=O)C(C)n1nc(C(F)(F)F)c(Br)c1C1CC1. The normalized spacial score (nSPS) is 15.8. The topological polar surface area (TPSA) is 64.7 Å². The monoisotopic (exact) mass is 447 g/mol. The Balaban J connectivity index is 1.65. The number of aryl methyl sites for hydroxylation is 2. The van der Waals surface area contributed by atoms with E-state index in [1.807, 2.05) is 17.7 Å². The number of carbonyl (C=O) groups excluding carboxylic acids is 1. The van der Waals surface area contributed by atoms with Crippen molar-refractivity contribution in [3.8, 4) is 0 Å². The maximum absolute atomic E-state index is 13.2. The minimum atomic E-state index is -4.56. The minimum Gasteiger partial charge on any atom is -0.354 e. The quantitative estimate of drug-likeness (QED) is 0.656. The summed E-state index contributed by atoms with van der Waals surface area (Å²) in [5, 5.41) is 10.7. The molecule has 148 valence electrons. The van der Waals surface area contributed by atoms with Crippen LogP contribution in [-0.4, -0.2) is 32.0 Å². The van der Waals surface area contributed by atoms with Crippen molar-refractivity contribution in [1.82, 2.24) is 24.9 Å². The molecule has 1 N–H and O–H groups in total. The second-order valence-corrected chi connectivity index (χ2v) is 7.57. The zero-order valence-corrected chi connectivity index (χ0v) is 16.6. The van der Waals surface area contributed by atoms with Crippen LogP contribution < -0.4 is 5.32 Å². The Morgan fingerprint density at radius 2 is 2.15 bits per heavy atom. The lowest BCUT2D eigenvalue weighted by molar-refractivity contribution is -0.142. The third-order valence-electron chi connectivity index (χ3n) is 4.64. The molecule has 0 aliphatic heterocycles. The zero-order chi connectivity index (χ0) is 19.8. The molecule has 0 saturated heterocycles. The zero-order valence-electron chi connectivity index (χ0n) is 15.1. The number of aromatic nitrogens is 4. The number of amides is 1. The molecule has 0 bridgehead atoms. The number of halogens is 4. The fraction of sp³-hybridized carbons (Fsp3) is 0.588. The van der Waals surface area contributed by atoms with Crippen molar-refractivity contribution in [3.05, 3.63) is 33.8 Å². The molecule has 0 radical (unpaired) electrons. The predicted molar refractivity (Wildman–Crippen MR) is 96.2 cm³/mol. The second kappa shape index (κ2) is 7.65. The van der Waals surface area contributed by atoms with Gasteiger partial charge in [0.25, 0.3) is 0 Å². The molecular formula is C17H21BrF3N5O. The van der Waals surface area contributed by atoms with Crippen molar-refractivity contribution in [2.75, 3.05) is 6.54 Å². The van der Waals surface area contributed by atoms with E-state index in [1.54, 1.807) is 13.1 Å². The first-order valence-corrected chi connectivity index (χ1v) is 9.60. The summed E-state index contributed by atoms with van der Waals surface area (Å²) < 4.78 is 42.6. The second-order valence-electron chi connectivity index (χ2n) is 6.78. The van der Waals surface area contributed by atoms with Crippen LogP contribution >= 0.6 is 15.9 Å². The molecule has 1 unspecified atom stereocenters. The third kappa shape index (κ3) is 4.36. The van der Waals surface area contributed by atoms with Gasteiger partial charge in [-0.05, 0) is 55.1 Å². The fourth-order valence-electron chi connectivity index (χ4n) is 2.96. The van der Waals surface area contributed by atoms with Gasteiger partial charge >= 0.3 is 6.18 Å². The lowest BCUT2D eigenvalue weighted by atomic mass is 10.2. The number of rotatable bonds is 7. The molecule has 1 fully saturated rings. The molecule has 10 heteroatoms. The highest BCUT2D eigenvalue weighted by Gasteiger charge is 2.42. The highest BCUT2D eigenvalue weighted by molar-refractivity contribution is 9.10. The largest absolute Gasteiger partial charge is 0.436 e. The highest BCUT2D eigenvalue weighted by atomic mass is 79.9. The first kappa shape index (κ1) is 19.9. The van der Waals surface area contributed by atoms with Gasteiger partial charge in [0.05, 0.1) is 10.2 Å². The van der Waals surface area contributed by atoms with Crippen LogP contribution in [0.25, 0.3) is 0 Å². The van der Waals surface area contributed by atoms with E-state index in [2.05, 4.69) is 31.4 Å². The summed E-state index contributed by atoms with van der Waals surface area (Å²) in [6.07, 6.45) is -0.569. The number of nitrogens with one attached hydrogen (secondary N) is 1. The molecule has 1 amide bonds. The van der Waals surface area contributed by atoms with Gasteiger partial charge in [-0.2, -0.15) is 23.4 Å². The van der Waals surface area contributed by atoms with Crippen molar-refractivity contribution in [2.45, 2.75) is 57.8 Å². The van der Waals surface area contributed by atoms with Gasteiger partial charge in [0.2, 0.25) is 5.91 Å². The van der Waals surface area contributed by atoms with E-state index in [0.29, 0.717) is 25.2 Å². The Morgan fingerprint density at radius 1 is 1.44 bits per heavy atom. The molecule has 2 aromatic rings. The fourth-order valence-corrected chi connectivity index (χ4v) is 3.77. The third-order valence-corrected chi connectivity index (χ3v) is 5.42. The van der Waals surface area contributed by atoms with Crippen LogP contribution in [-0.2, 0) is 17.5 Å². The van der Waals surface area contributed by atoms with E-state index in [-0.39, 0.29) is 16.3 Å². The molecule has 1 atom stereocenters. The molecule has 1 aliphatic carbocycles. The molecular weight excluding hydrogens is 427 g/mol. The summed E-state index contributed by atoms with van der Waals surface area (Å²) in [7, 11) is 0. The van der Waals surface area contributed by atoms with Gasteiger partial charge in [-0.3, -0.25) is 14.2 Å². The Bertz CT molecular complexity index is 825. The van der Waals surface area contributed by atoms with Gasteiger partial charge in [0.1, 0.15) is 6.04 Å². The standard InChI is InChI=1S/C17H21BrF3N5O/c1-10-6-8-23-25(10)9-3-7-22-16(27)11(2)26-14(12-4-5-12)13(18)15(24-26)17(19,20)21/h6,8,11-12H,3-5,7,9H2,1-2H3,(H,22,27). The Morgan fingerprint density at radius 3 is 2.70 bits per heavy atom. The van der Waals surface area contributed by atoms with Crippen LogP contribution in [0, 0.1) is 6.92 Å². The van der Waals surface area contributed by atoms with Crippen molar-refractivity contribution in [1.29, 1.82) is 0 Å². The van der Waals surface area contributed by atoms with Crippen LogP contribution in [0.5, 0.6) is 0 Å².